The molecule has 10 nitrogen and oxygen atoms in total. The Morgan fingerprint density at radius 3 is 2.40 bits per heavy atom. The van der Waals surface area contributed by atoms with Gasteiger partial charge in [-0.2, -0.15) is 4.31 Å². The first-order valence-corrected chi connectivity index (χ1v) is 15.4. The van der Waals surface area contributed by atoms with Gasteiger partial charge in [0.2, 0.25) is 10.0 Å². The van der Waals surface area contributed by atoms with Gasteiger partial charge in [-0.1, -0.05) is 48.5 Å². The summed E-state index contributed by atoms with van der Waals surface area (Å²) in [7, 11) is -3.94. The van der Waals surface area contributed by atoms with E-state index < -0.39 is 39.6 Å². The average Bonchev–Trinajstić information content (AvgIpc) is 2.99. The molecule has 0 saturated carbocycles. The third-order valence-corrected chi connectivity index (χ3v) is 9.32. The van der Waals surface area contributed by atoms with Crippen molar-refractivity contribution >= 4 is 21.9 Å². The second-order valence-corrected chi connectivity index (χ2v) is 12.6. The largest absolute Gasteiger partial charge is 0.480 e. The molecule has 0 aromatic heterocycles. The number of amides is 1. The van der Waals surface area contributed by atoms with Gasteiger partial charge in [-0.25, -0.2) is 12.8 Å². The fourth-order valence-electron chi connectivity index (χ4n) is 5.17. The smallest absolute Gasteiger partial charge is 0.324 e. The molecule has 2 aliphatic rings. The number of sulfonamides is 1. The predicted octanol–water partition coefficient (Wildman–Crippen LogP) is 2.46. The minimum absolute atomic E-state index is 0.0112. The number of esters is 1. The maximum absolute atomic E-state index is 13.9. The number of benzene rings is 3. The maximum atomic E-state index is 13.9. The van der Waals surface area contributed by atoms with Crippen LogP contribution in [0, 0.1) is 5.82 Å². The van der Waals surface area contributed by atoms with Gasteiger partial charge in [-0.05, 0) is 48.7 Å². The molecule has 2 fully saturated rings. The van der Waals surface area contributed by atoms with Crippen LogP contribution in [0.5, 0.6) is 5.75 Å². The van der Waals surface area contributed by atoms with E-state index in [1.165, 1.54) is 41.6 Å². The molecule has 3 aromatic carbocycles. The number of ether oxygens (including phenoxy) is 3. The van der Waals surface area contributed by atoms with Gasteiger partial charge in [0.05, 0.1) is 31.2 Å². The van der Waals surface area contributed by atoms with Crippen molar-refractivity contribution in [2.45, 2.75) is 36.0 Å². The third kappa shape index (κ3) is 6.88. The fraction of sp³-hybridized carbons (Fsp3) is 0.355. The summed E-state index contributed by atoms with van der Waals surface area (Å²) in [5.41, 5.74) is 6.38. The number of nitrogens with zero attached hydrogens (tertiary/aromatic N) is 2. The molecular formula is C31H34FN3O7S. The Labute approximate surface area is 250 Å². The zero-order valence-electron chi connectivity index (χ0n) is 23.7. The summed E-state index contributed by atoms with van der Waals surface area (Å²) in [5, 5.41) is 0. The molecular weight excluding hydrogens is 577 g/mol. The van der Waals surface area contributed by atoms with E-state index in [1.54, 1.807) is 23.1 Å². The van der Waals surface area contributed by atoms with E-state index in [0.29, 0.717) is 37.6 Å². The standard InChI is InChI=1S/C31H34FN3O7S/c1-22(29(36)34-13-15-40-16-14-34)41-30(37)28(33)18-23-7-5-12-27(17-23)43(38,39)35-20-31(21-35,24-8-3-2-4-9-24)42-26-11-6-10-25(32)19-26/h2-12,17,19,22,28H,13-16,18,20-21,33H2,1H3/t22?,28-/m0/s1. The number of nitrogens with two attached hydrogens (primary N) is 1. The summed E-state index contributed by atoms with van der Waals surface area (Å²) < 4.78 is 59.2. The van der Waals surface area contributed by atoms with Gasteiger partial charge in [-0.15, -0.1) is 0 Å². The number of hydrogen-bond donors (Lipinski definition) is 1. The number of morpholine rings is 1. The van der Waals surface area contributed by atoms with Crippen molar-refractivity contribution in [3.05, 3.63) is 95.8 Å². The van der Waals surface area contributed by atoms with Crippen LogP contribution in [-0.2, 0) is 41.1 Å². The molecule has 0 spiro atoms. The predicted molar refractivity (Wildman–Crippen MR) is 155 cm³/mol. The van der Waals surface area contributed by atoms with Crippen LogP contribution >= 0.6 is 0 Å². The van der Waals surface area contributed by atoms with Crippen molar-refractivity contribution in [1.29, 1.82) is 0 Å². The van der Waals surface area contributed by atoms with Crippen LogP contribution in [-0.4, -0.2) is 81.0 Å². The topological polar surface area (TPSA) is 128 Å². The molecule has 3 aromatic rings. The first-order chi connectivity index (χ1) is 20.6. The normalized spacial score (nSPS) is 18.3. The highest BCUT2D eigenvalue weighted by Gasteiger charge is 2.52. The van der Waals surface area contributed by atoms with Gasteiger partial charge in [0.1, 0.15) is 17.6 Å². The minimum Gasteiger partial charge on any atom is -0.480 e. The van der Waals surface area contributed by atoms with Crippen molar-refractivity contribution in [3.63, 3.8) is 0 Å². The number of hydrogen-bond acceptors (Lipinski definition) is 8. The van der Waals surface area contributed by atoms with E-state index in [9.17, 15) is 22.4 Å². The molecule has 2 atom stereocenters. The molecule has 1 amide bonds. The lowest BCUT2D eigenvalue weighted by Gasteiger charge is -2.48. The lowest BCUT2D eigenvalue weighted by molar-refractivity contribution is -0.161. The Hall–Kier alpha value is -3.84. The van der Waals surface area contributed by atoms with Gasteiger partial charge in [0, 0.05) is 19.2 Å². The van der Waals surface area contributed by atoms with E-state index >= 15 is 0 Å². The van der Waals surface area contributed by atoms with Crippen molar-refractivity contribution in [1.82, 2.24) is 9.21 Å². The van der Waals surface area contributed by atoms with E-state index in [1.807, 2.05) is 30.3 Å². The van der Waals surface area contributed by atoms with E-state index in [-0.39, 0.29) is 30.3 Å². The van der Waals surface area contributed by atoms with Crippen LogP contribution in [0.4, 0.5) is 4.39 Å². The van der Waals surface area contributed by atoms with Crippen LogP contribution in [0.3, 0.4) is 0 Å². The molecule has 1 unspecified atom stereocenters. The Balaban J connectivity index is 1.25. The quantitative estimate of drug-likeness (QED) is 0.347. The van der Waals surface area contributed by atoms with Gasteiger partial charge in [-0.3, -0.25) is 9.59 Å². The fourth-order valence-corrected chi connectivity index (χ4v) is 6.78. The summed E-state index contributed by atoms with van der Waals surface area (Å²) in [5.74, 6) is -1.24. The molecule has 2 heterocycles. The van der Waals surface area contributed by atoms with Crippen molar-refractivity contribution in [2.24, 2.45) is 5.73 Å². The van der Waals surface area contributed by atoms with Crippen LogP contribution in [0.2, 0.25) is 0 Å². The Kier molecular flexibility index (Phi) is 9.11. The van der Waals surface area contributed by atoms with Gasteiger partial charge in [0.15, 0.2) is 11.7 Å². The molecule has 12 heteroatoms. The van der Waals surface area contributed by atoms with Gasteiger partial charge < -0.3 is 24.8 Å². The lowest BCUT2D eigenvalue weighted by Crippen LogP contribution is -2.64. The molecule has 0 bridgehead atoms. The number of carbonyl (C=O) groups excluding carboxylic acids is 2. The summed E-state index contributed by atoms with van der Waals surface area (Å²) in [6.45, 7) is 3.23. The SMILES string of the molecule is CC(OC(=O)[C@@H](N)Cc1cccc(S(=O)(=O)N2CC(Oc3cccc(F)c3)(c3ccccc3)C2)c1)C(=O)N1CCOCC1. The number of carbonyl (C=O) groups is 2. The Bertz CT molecular complexity index is 1560. The second kappa shape index (κ2) is 12.8. The van der Waals surface area contributed by atoms with Crippen LogP contribution in [0.15, 0.2) is 83.8 Å². The third-order valence-electron chi connectivity index (χ3n) is 7.53. The molecule has 2 aliphatic heterocycles. The molecule has 5 rings (SSSR count). The lowest BCUT2D eigenvalue weighted by atomic mass is 9.87. The Morgan fingerprint density at radius 2 is 1.70 bits per heavy atom. The van der Waals surface area contributed by atoms with Crippen LogP contribution in [0.1, 0.15) is 18.1 Å². The van der Waals surface area contributed by atoms with E-state index in [0.717, 1.165) is 5.56 Å². The Morgan fingerprint density at radius 1 is 1.00 bits per heavy atom. The zero-order chi connectivity index (χ0) is 30.6. The molecule has 2 saturated heterocycles. The van der Waals surface area contributed by atoms with Crippen LogP contribution in [0.25, 0.3) is 0 Å². The first kappa shape index (κ1) is 30.6. The molecule has 0 aliphatic carbocycles. The molecule has 228 valence electrons. The van der Waals surface area contributed by atoms with Gasteiger partial charge in [0.25, 0.3) is 5.91 Å². The first-order valence-electron chi connectivity index (χ1n) is 14.0. The summed E-state index contributed by atoms with van der Waals surface area (Å²) in [6, 6.07) is 20.0. The average molecular weight is 612 g/mol. The molecule has 0 radical (unpaired) electrons. The molecule has 2 N–H and O–H groups in total. The zero-order valence-corrected chi connectivity index (χ0v) is 24.5. The van der Waals surface area contributed by atoms with Crippen molar-refractivity contribution in [2.75, 3.05) is 39.4 Å². The highest BCUT2D eigenvalue weighted by molar-refractivity contribution is 7.89. The highest BCUT2D eigenvalue weighted by atomic mass is 32.2. The number of halogens is 1. The summed E-state index contributed by atoms with van der Waals surface area (Å²) >= 11 is 0. The highest BCUT2D eigenvalue weighted by Crippen LogP contribution is 2.40. The maximum Gasteiger partial charge on any atom is 0.324 e. The second-order valence-electron chi connectivity index (χ2n) is 10.7. The summed E-state index contributed by atoms with van der Waals surface area (Å²) in [4.78, 5) is 26.8. The van der Waals surface area contributed by atoms with E-state index in [4.69, 9.17) is 19.9 Å². The monoisotopic (exact) mass is 611 g/mol. The summed E-state index contributed by atoms with van der Waals surface area (Å²) in [6.07, 6.45) is -0.994. The van der Waals surface area contributed by atoms with Crippen molar-refractivity contribution < 1.29 is 36.6 Å². The van der Waals surface area contributed by atoms with E-state index in [2.05, 4.69) is 0 Å². The molecule has 43 heavy (non-hydrogen) atoms. The van der Waals surface area contributed by atoms with Crippen molar-refractivity contribution in [3.8, 4) is 5.75 Å². The van der Waals surface area contributed by atoms with Crippen LogP contribution < -0.4 is 10.5 Å². The minimum atomic E-state index is -3.94. The number of rotatable bonds is 10. The van der Waals surface area contributed by atoms with Gasteiger partial charge >= 0.3 is 5.97 Å².